The molecule has 7 heteroatoms. The molecule has 6 nitrogen and oxygen atoms in total. The molecule has 2 aromatic rings. The molecule has 0 saturated carbocycles. The molecule has 0 saturated heterocycles. The van der Waals surface area contributed by atoms with Crippen LogP contribution in [0.3, 0.4) is 0 Å². The van der Waals surface area contributed by atoms with Crippen LogP contribution in [-0.4, -0.2) is 36.4 Å². The predicted octanol–water partition coefficient (Wildman–Crippen LogP) is 2.38. The number of aromatic nitrogens is 2. The van der Waals surface area contributed by atoms with Crippen molar-refractivity contribution < 1.29 is 14.3 Å². The zero-order valence-corrected chi connectivity index (χ0v) is 12.8. The van der Waals surface area contributed by atoms with Crippen molar-refractivity contribution in [3.8, 4) is 5.75 Å². The number of anilines is 1. The molecule has 1 aromatic heterocycles. The Morgan fingerprint density at radius 1 is 1.38 bits per heavy atom. The minimum atomic E-state index is -0.235. The lowest BCUT2D eigenvalue weighted by molar-refractivity contribution is 0.102. The Balaban J connectivity index is 1.96. The highest BCUT2D eigenvalue weighted by molar-refractivity contribution is 7.15. The van der Waals surface area contributed by atoms with Crippen molar-refractivity contribution in [2.75, 3.05) is 25.6 Å². The molecule has 2 rings (SSSR count). The molecule has 21 heavy (non-hydrogen) atoms. The van der Waals surface area contributed by atoms with Gasteiger partial charge in [0.05, 0.1) is 13.7 Å². The van der Waals surface area contributed by atoms with Crippen LogP contribution in [0.4, 0.5) is 5.13 Å². The van der Waals surface area contributed by atoms with Crippen LogP contribution >= 0.6 is 11.3 Å². The molecular formula is C14H17N3O3S. The summed E-state index contributed by atoms with van der Waals surface area (Å²) in [7, 11) is 1.56. The summed E-state index contributed by atoms with van der Waals surface area (Å²) < 4.78 is 10.4. The second-order valence-electron chi connectivity index (χ2n) is 4.13. The molecule has 1 aromatic carbocycles. The molecular weight excluding hydrogens is 290 g/mol. The maximum Gasteiger partial charge on any atom is 0.257 e. The largest absolute Gasteiger partial charge is 0.497 e. The third-order valence-electron chi connectivity index (χ3n) is 2.68. The van der Waals surface area contributed by atoms with Gasteiger partial charge < -0.3 is 9.47 Å². The monoisotopic (exact) mass is 307 g/mol. The average molecular weight is 307 g/mol. The van der Waals surface area contributed by atoms with E-state index in [1.807, 2.05) is 6.92 Å². The highest BCUT2D eigenvalue weighted by Crippen LogP contribution is 2.18. The fourth-order valence-corrected chi connectivity index (χ4v) is 2.36. The summed E-state index contributed by atoms with van der Waals surface area (Å²) in [6.45, 7) is 3.23. The maximum atomic E-state index is 12.1. The molecule has 0 spiro atoms. The number of rotatable bonds is 7. The number of nitrogens with one attached hydrogen (secondary N) is 1. The summed E-state index contributed by atoms with van der Waals surface area (Å²) >= 11 is 1.35. The third-order valence-corrected chi connectivity index (χ3v) is 3.58. The molecule has 0 aliphatic carbocycles. The number of carbonyl (C=O) groups excluding carboxylic acids is 1. The van der Waals surface area contributed by atoms with Crippen molar-refractivity contribution in [2.45, 2.75) is 13.3 Å². The van der Waals surface area contributed by atoms with E-state index in [4.69, 9.17) is 9.47 Å². The van der Waals surface area contributed by atoms with Gasteiger partial charge in [0.2, 0.25) is 5.13 Å². The maximum absolute atomic E-state index is 12.1. The van der Waals surface area contributed by atoms with Gasteiger partial charge in [0.15, 0.2) is 0 Å². The van der Waals surface area contributed by atoms with Gasteiger partial charge in [-0.1, -0.05) is 17.4 Å². The summed E-state index contributed by atoms with van der Waals surface area (Å²) in [5.41, 5.74) is 0.514. The molecule has 0 radical (unpaired) electrons. The normalized spacial score (nSPS) is 10.4. The van der Waals surface area contributed by atoms with Crippen molar-refractivity contribution in [3.05, 3.63) is 34.8 Å². The summed E-state index contributed by atoms with van der Waals surface area (Å²) in [6, 6.07) is 6.94. The van der Waals surface area contributed by atoms with Gasteiger partial charge in [-0.2, -0.15) is 0 Å². The van der Waals surface area contributed by atoms with Gasteiger partial charge in [0, 0.05) is 18.6 Å². The van der Waals surface area contributed by atoms with Gasteiger partial charge in [-0.15, -0.1) is 10.2 Å². The van der Waals surface area contributed by atoms with Crippen LogP contribution < -0.4 is 10.1 Å². The highest BCUT2D eigenvalue weighted by atomic mass is 32.1. The molecule has 0 fully saturated rings. The van der Waals surface area contributed by atoms with Gasteiger partial charge in [-0.3, -0.25) is 10.1 Å². The van der Waals surface area contributed by atoms with Crippen LogP contribution in [0, 0.1) is 0 Å². The van der Waals surface area contributed by atoms with E-state index in [9.17, 15) is 4.79 Å². The van der Waals surface area contributed by atoms with Gasteiger partial charge >= 0.3 is 0 Å². The number of hydrogen-bond donors (Lipinski definition) is 1. The SMILES string of the molecule is CCOCCc1nnc(NC(=O)c2cccc(OC)c2)s1. The summed E-state index contributed by atoms with van der Waals surface area (Å²) in [5.74, 6) is 0.402. The Labute approximate surface area is 127 Å². The fraction of sp³-hybridized carbons (Fsp3) is 0.357. The topological polar surface area (TPSA) is 73.3 Å². The minimum absolute atomic E-state index is 0.235. The molecule has 112 valence electrons. The summed E-state index contributed by atoms with van der Waals surface area (Å²) in [6.07, 6.45) is 0.695. The van der Waals surface area contributed by atoms with Gasteiger partial charge in [-0.25, -0.2) is 0 Å². The predicted molar refractivity (Wildman–Crippen MR) is 81.1 cm³/mol. The Bertz CT molecular complexity index is 601. The molecule has 0 aliphatic heterocycles. The van der Waals surface area contributed by atoms with Crippen LogP contribution in [0.1, 0.15) is 22.3 Å². The molecule has 1 amide bonds. The molecule has 0 unspecified atom stereocenters. The third kappa shape index (κ3) is 4.51. The summed E-state index contributed by atoms with van der Waals surface area (Å²) in [4.78, 5) is 12.1. The van der Waals surface area contributed by atoms with Crippen molar-refractivity contribution in [1.82, 2.24) is 10.2 Å². The Hall–Kier alpha value is -1.99. The number of methoxy groups -OCH3 is 1. The van der Waals surface area contributed by atoms with Crippen LogP contribution in [-0.2, 0) is 11.2 Å². The van der Waals surface area contributed by atoms with Crippen molar-refractivity contribution in [3.63, 3.8) is 0 Å². The zero-order chi connectivity index (χ0) is 15.1. The van der Waals surface area contributed by atoms with Gasteiger partial charge in [0.25, 0.3) is 5.91 Å². The van der Waals surface area contributed by atoms with E-state index in [1.54, 1.807) is 31.4 Å². The molecule has 0 aliphatic rings. The van der Waals surface area contributed by atoms with E-state index in [-0.39, 0.29) is 5.91 Å². The lowest BCUT2D eigenvalue weighted by Gasteiger charge is -2.03. The first kappa shape index (κ1) is 15.4. The number of ether oxygens (including phenoxy) is 2. The first-order chi connectivity index (χ1) is 10.2. The number of benzene rings is 1. The van der Waals surface area contributed by atoms with E-state index in [0.29, 0.717) is 36.1 Å². The second-order valence-corrected chi connectivity index (χ2v) is 5.20. The second kappa shape index (κ2) is 7.70. The first-order valence-electron chi connectivity index (χ1n) is 6.58. The molecule has 1 heterocycles. The van der Waals surface area contributed by atoms with Crippen molar-refractivity contribution >= 4 is 22.4 Å². The number of carbonyl (C=O) groups is 1. The van der Waals surface area contributed by atoms with Crippen LogP contribution in [0.2, 0.25) is 0 Å². The average Bonchev–Trinajstić information content (AvgIpc) is 2.95. The summed E-state index contributed by atoms with van der Waals surface area (Å²) in [5, 5.41) is 12.0. The molecule has 0 atom stereocenters. The van der Waals surface area contributed by atoms with Crippen molar-refractivity contribution in [2.24, 2.45) is 0 Å². The fourth-order valence-electron chi connectivity index (χ4n) is 1.64. The smallest absolute Gasteiger partial charge is 0.257 e. The van der Waals surface area contributed by atoms with E-state index >= 15 is 0 Å². The number of hydrogen-bond acceptors (Lipinski definition) is 6. The van der Waals surface area contributed by atoms with E-state index in [1.165, 1.54) is 11.3 Å². The Morgan fingerprint density at radius 3 is 3.00 bits per heavy atom. The van der Waals surface area contributed by atoms with Crippen LogP contribution in [0.25, 0.3) is 0 Å². The quantitative estimate of drug-likeness (QED) is 0.795. The minimum Gasteiger partial charge on any atom is -0.497 e. The number of nitrogens with zero attached hydrogens (tertiary/aromatic N) is 2. The van der Waals surface area contributed by atoms with Crippen molar-refractivity contribution in [1.29, 1.82) is 0 Å². The van der Waals surface area contributed by atoms with E-state index in [2.05, 4.69) is 15.5 Å². The Morgan fingerprint density at radius 2 is 2.24 bits per heavy atom. The Kier molecular flexibility index (Phi) is 5.65. The lowest BCUT2D eigenvalue weighted by atomic mass is 10.2. The van der Waals surface area contributed by atoms with Crippen LogP contribution in [0.5, 0.6) is 5.75 Å². The van der Waals surface area contributed by atoms with Gasteiger partial charge in [-0.05, 0) is 25.1 Å². The van der Waals surface area contributed by atoms with Crippen LogP contribution in [0.15, 0.2) is 24.3 Å². The zero-order valence-electron chi connectivity index (χ0n) is 12.0. The van der Waals surface area contributed by atoms with E-state index < -0.39 is 0 Å². The molecule has 1 N–H and O–H groups in total. The molecule has 0 bridgehead atoms. The van der Waals surface area contributed by atoms with Gasteiger partial charge in [0.1, 0.15) is 10.8 Å². The standard InChI is InChI=1S/C14H17N3O3S/c1-3-20-8-7-12-16-17-14(21-12)15-13(18)10-5-4-6-11(9-10)19-2/h4-6,9H,3,7-8H2,1-2H3,(H,15,17,18). The number of amides is 1. The highest BCUT2D eigenvalue weighted by Gasteiger charge is 2.10. The van der Waals surface area contributed by atoms with E-state index in [0.717, 1.165) is 5.01 Å². The lowest BCUT2D eigenvalue weighted by Crippen LogP contribution is -2.11. The first-order valence-corrected chi connectivity index (χ1v) is 7.40.